The molecule has 0 unspecified atom stereocenters. The largest absolute Gasteiger partial charge is 0.342 e. The summed E-state index contributed by atoms with van der Waals surface area (Å²) in [5.41, 5.74) is 21.5. The lowest BCUT2D eigenvalue weighted by molar-refractivity contribution is 0.745. The minimum Gasteiger partial charge on any atom is -0.342 e. The Morgan fingerprint density at radius 3 is 1.98 bits per heavy atom. The molecule has 62 heavy (non-hydrogen) atoms. The van der Waals surface area contributed by atoms with Gasteiger partial charge in [-0.3, -0.25) is 0 Å². The van der Waals surface area contributed by atoms with Crippen LogP contribution in [0.25, 0.3) is 67.3 Å². The standard InChI is InChI=1S/C60H46N2/c1-4-16-43(17-5-1)47-39-59(46-31-29-44(30-32-46)45-33-35-50(36-34-45)62-57-26-14-11-23-53(57)54-24-12-15-27-58(54)62)61(41-47)40-42-28-37-52-51-22-10-13-25-55(51)60(56(52)38-42,48-18-6-2-7-19-48)49-20-8-3-9-21-49/h1-2,4-8,10-14,16-26,28-39,41H,3,9,15,27,40H2/t60-/m1/s1. The molecule has 12 rings (SSSR count). The Morgan fingerprint density at radius 1 is 0.500 bits per heavy atom. The number of rotatable bonds is 8. The molecule has 3 aliphatic rings. The van der Waals surface area contributed by atoms with E-state index in [4.69, 9.17) is 0 Å². The highest BCUT2D eigenvalue weighted by atomic mass is 15.0. The Hall–Kier alpha value is -7.42. The van der Waals surface area contributed by atoms with Crippen molar-refractivity contribution in [2.75, 3.05) is 0 Å². The predicted molar refractivity (Wildman–Crippen MR) is 259 cm³/mol. The molecule has 7 aromatic carbocycles. The van der Waals surface area contributed by atoms with Crippen molar-refractivity contribution in [3.05, 3.63) is 252 Å². The Bertz CT molecular complexity index is 3230. The summed E-state index contributed by atoms with van der Waals surface area (Å²) in [4.78, 5) is 0. The van der Waals surface area contributed by atoms with Crippen molar-refractivity contribution < 1.29 is 0 Å². The van der Waals surface area contributed by atoms with Crippen molar-refractivity contribution in [3.63, 3.8) is 0 Å². The van der Waals surface area contributed by atoms with E-state index in [2.05, 4.69) is 228 Å². The van der Waals surface area contributed by atoms with E-state index in [0.717, 1.165) is 32.2 Å². The van der Waals surface area contributed by atoms with Crippen LogP contribution in [0.1, 0.15) is 52.8 Å². The van der Waals surface area contributed by atoms with Crippen molar-refractivity contribution in [1.82, 2.24) is 9.13 Å². The van der Waals surface area contributed by atoms with E-state index in [1.807, 2.05) is 0 Å². The Balaban J connectivity index is 0.916. The first-order valence-electron chi connectivity index (χ1n) is 22.2. The normalized spacial score (nSPS) is 16.2. The van der Waals surface area contributed by atoms with Crippen LogP contribution in [0.5, 0.6) is 0 Å². The molecule has 0 saturated carbocycles. The molecule has 0 fully saturated rings. The predicted octanol–water partition coefficient (Wildman–Crippen LogP) is 15.0. The summed E-state index contributed by atoms with van der Waals surface area (Å²) >= 11 is 0. The van der Waals surface area contributed by atoms with E-state index in [0.29, 0.717) is 0 Å². The summed E-state index contributed by atoms with van der Waals surface area (Å²) in [6.45, 7) is 0.752. The van der Waals surface area contributed by atoms with E-state index < -0.39 is 0 Å². The molecular weight excluding hydrogens is 749 g/mol. The summed E-state index contributed by atoms with van der Waals surface area (Å²) in [6.07, 6.45) is 18.5. The average molecular weight is 795 g/mol. The zero-order valence-corrected chi connectivity index (χ0v) is 34.7. The number of fused-ring (bicyclic) bond motifs is 6. The maximum absolute atomic E-state index is 2.51. The molecule has 0 N–H and O–H groups in total. The van der Waals surface area contributed by atoms with Gasteiger partial charge in [0.2, 0.25) is 0 Å². The average Bonchev–Trinajstić information content (AvgIpc) is 4.01. The van der Waals surface area contributed by atoms with Gasteiger partial charge in [0.05, 0.1) is 10.9 Å². The number of hydrogen-bond donors (Lipinski definition) is 0. The fraction of sp³-hybridized carbons (Fsp3) is 0.100. The quantitative estimate of drug-likeness (QED) is 0.145. The fourth-order valence-corrected chi connectivity index (χ4v) is 10.8. The molecule has 0 amide bonds. The SMILES string of the molecule is C1=CC([C@]2(c3ccccc3)c3ccccc3-c3ccc(Cn4cc(-c5ccccc5)cc4-c4ccc(-c5ccc(-n6c7c(c8ccccc86)C=CCC7)cc5)cc4)cc32)=CCC1. The summed E-state index contributed by atoms with van der Waals surface area (Å²) in [7, 11) is 0. The number of benzene rings is 7. The molecule has 0 aliphatic heterocycles. The zero-order valence-electron chi connectivity index (χ0n) is 34.7. The third kappa shape index (κ3) is 5.85. The number of para-hydroxylation sites is 1. The molecular formula is C60H46N2. The third-order valence-corrected chi connectivity index (χ3v) is 13.6. The van der Waals surface area contributed by atoms with E-state index in [9.17, 15) is 0 Å². The second-order valence-electron chi connectivity index (χ2n) is 17.1. The fourth-order valence-electron chi connectivity index (χ4n) is 10.8. The highest BCUT2D eigenvalue weighted by molar-refractivity contribution is 5.93. The highest BCUT2D eigenvalue weighted by Crippen LogP contribution is 2.57. The van der Waals surface area contributed by atoms with Crippen LogP contribution in [0.3, 0.4) is 0 Å². The van der Waals surface area contributed by atoms with Crippen LogP contribution in [-0.2, 0) is 18.4 Å². The van der Waals surface area contributed by atoms with Gasteiger partial charge in [-0.1, -0.05) is 188 Å². The Labute approximate surface area is 364 Å². The molecule has 2 aromatic heterocycles. The van der Waals surface area contributed by atoms with Crippen LogP contribution in [0.4, 0.5) is 0 Å². The van der Waals surface area contributed by atoms with E-state index in [1.54, 1.807) is 0 Å². The number of allylic oxidation sites excluding steroid dienone is 5. The van der Waals surface area contributed by atoms with Crippen LogP contribution in [0.2, 0.25) is 0 Å². The maximum atomic E-state index is 2.51. The maximum Gasteiger partial charge on any atom is 0.0710 e. The van der Waals surface area contributed by atoms with Gasteiger partial charge in [0, 0.05) is 40.8 Å². The second-order valence-corrected chi connectivity index (χ2v) is 17.1. The minimum atomic E-state index is -0.380. The third-order valence-electron chi connectivity index (χ3n) is 13.6. The van der Waals surface area contributed by atoms with Crippen molar-refractivity contribution >= 4 is 17.0 Å². The topological polar surface area (TPSA) is 9.86 Å². The molecule has 1 atom stereocenters. The smallest absolute Gasteiger partial charge is 0.0710 e. The summed E-state index contributed by atoms with van der Waals surface area (Å²) in [5, 5.41) is 1.33. The molecule has 0 radical (unpaired) electrons. The molecule has 3 aliphatic carbocycles. The highest BCUT2D eigenvalue weighted by Gasteiger charge is 2.46. The monoisotopic (exact) mass is 794 g/mol. The summed E-state index contributed by atoms with van der Waals surface area (Å²) in [5.74, 6) is 0. The van der Waals surface area contributed by atoms with Gasteiger partial charge in [-0.15, -0.1) is 0 Å². The van der Waals surface area contributed by atoms with E-state index >= 15 is 0 Å². The Kier molecular flexibility index (Phi) is 8.78. The molecule has 2 nitrogen and oxygen atoms in total. The van der Waals surface area contributed by atoms with Gasteiger partial charge in [-0.2, -0.15) is 0 Å². The van der Waals surface area contributed by atoms with Crippen molar-refractivity contribution in [2.24, 2.45) is 0 Å². The molecule has 2 heteroatoms. The number of nitrogens with zero attached hydrogens (tertiary/aromatic N) is 2. The van der Waals surface area contributed by atoms with E-state index in [1.165, 1.54) is 100 Å². The molecule has 2 heterocycles. The van der Waals surface area contributed by atoms with Crippen molar-refractivity contribution in [3.8, 4) is 50.3 Å². The van der Waals surface area contributed by atoms with Gasteiger partial charge in [-0.25, -0.2) is 0 Å². The van der Waals surface area contributed by atoms with Gasteiger partial charge < -0.3 is 9.13 Å². The lowest BCUT2D eigenvalue weighted by Crippen LogP contribution is -2.29. The summed E-state index contributed by atoms with van der Waals surface area (Å²) in [6, 6.07) is 67.7. The lowest BCUT2D eigenvalue weighted by Gasteiger charge is -2.36. The summed E-state index contributed by atoms with van der Waals surface area (Å²) < 4.78 is 4.92. The van der Waals surface area contributed by atoms with Gasteiger partial charge in [-0.05, 0) is 117 Å². The van der Waals surface area contributed by atoms with E-state index in [-0.39, 0.29) is 5.41 Å². The molecule has 0 bridgehead atoms. The van der Waals surface area contributed by atoms with Crippen LogP contribution in [0, 0.1) is 0 Å². The van der Waals surface area contributed by atoms with Crippen LogP contribution in [0.15, 0.2) is 218 Å². The first-order chi connectivity index (χ1) is 30.7. The van der Waals surface area contributed by atoms with Gasteiger partial charge in [0.1, 0.15) is 0 Å². The molecule has 296 valence electrons. The first kappa shape index (κ1) is 36.4. The van der Waals surface area contributed by atoms with Crippen LogP contribution < -0.4 is 0 Å². The molecule has 0 spiro atoms. The van der Waals surface area contributed by atoms with Gasteiger partial charge >= 0.3 is 0 Å². The van der Waals surface area contributed by atoms with Crippen LogP contribution in [-0.4, -0.2) is 9.13 Å². The molecule has 9 aromatic rings. The van der Waals surface area contributed by atoms with Gasteiger partial charge in [0.25, 0.3) is 0 Å². The number of hydrogen-bond acceptors (Lipinski definition) is 0. The van der Waals surface area contributed by atoms with Gasteiger partial charge in [0.15, 0.2) is 0 Å². The zero-order chi connectivity index (χ0) is 41.0. The number of aromatic nitrogens is 2. The van der Waals surface area contributed by atoms with Crippen LogP contribution >= 0.6 is 0 Å². The molecule has 0 saturated heterocycles. The minimum absolute atomic E-state index is 0.380. The second kappa shape index (κ2) is 14.9. The van der Waals surface area contributed by atoms with Crippen molar-refractivity contribution in [2.45, 2.75) is 37.6 Å². The van der Waals surface area contributed by atoms with Crippen molar-refractivity contribution in [1.29, 1.82) is 0 Å². The first-order valence-corrected chi connectivity index (χ1v) is 22.2. The lowest BCUT2D eigenvalue weighted by atomic mass is 9.66. The Morgan fingerprint density at radius 2 is 1.18 bits per heavy atom.